The predicted octanol–water partition coefficient (Wildman–Crippen LogP) is 2.44. The summed E-state index contributed by atoms with van der Waals surface area (Å²) in [6.07, 6.45) is 0. The number of likely N-dealkylation sites (N-methyl/N-ethyl adjacent to an activating group) is 1. The van der Waals surface area contributed by atoms with Gasteiger partial charge in [-0.2, -0.15) is 0 Å². The quantitative estimate of drug-likeness (QED) is 0.452. The number of thiophene rings is 1. The van der Waals surface area contributed by atoms with E-state index in [-0.39, 0.29) is 18.3 Å². The van der Waals surface area contributed by atoms with Crippen LogP contribution in [0.3, 0.4) is 0 Å². The van der Waals surface area contributed by atoms with Gasteiger partial charge in [-0.25, -0.2) is 0 Å². The number of hydrogen-bond acceptors (Lipinski definition) is 5. The maximum Gasteiger partial charge on any atom is 0.263 e. The topological polar surface area (TPSA) is 77.1 Å². The molecule has 2 N–H and O–H groups in total. The summed E-state index contributed by atoms with van der Waals surface area (Å²) in [5.74, 6) is 0.913. The first kappa shape index (κ1) is 17.8. The third-order valence-electron chi connectivity index (χ3n) is 3.20. The molecule has 2 rings (SSSR count). The predicted molar refractivity (Wildman–Crippen MR) is 95.1 cm³/mol. The Hall–Kier alpha value is -2.54. The third kappa shape index (κ3) is 5.27. The molecular weight excluding hydrogens is 326 g/mol. The molecule has 1 aromatic carbocycles. The van der Waals surface area contributed by atoms with E-state index < -0.39 is 0 Å². The van der Waals surface area contributed by atoms with Crippen LogP contribution in [-0.4, -0.2) is 36.9 Å². The molecular formula is C17H21N3O3S. The molecule has 0 aliphatic carbocycles. The Morgan fingerprint density at radius 1 is 1.29 bits per heavy atom. The second-order valence-electron chi connectivity index (χ2n) is 5.05. The number of amides is 1. The van der Waals surface area contributed by atoms with Crippen LogP contribution in [0.4, 0.5) is 0 Å². The minimum Gasteiger partial charge on any atom is -0.494 e. The molecule has 7 heteroatoms. The number of nitrogens with zero attached hydrogens (tertiary/aromatic N) is 2. The third-order valence-corrected chi connectivity index (χ3v) is 4.10. The van der Waals surface area contributed by atoms with Crippen LogP contribution in [0.25, 0.3) is 0 Å². The second-order valence-corrected chi connectivity index (χ2v) is 6.00. The molecule has 0 spiro atoms. The molecule has 24 heavy (non-hydrogen) atoms. The fourth-order valence-electron chi connectivity index (χ4n) is 1.96. The molecule has 0 aliphatic rings. The van der Waals surface area contributed by atoms with E-state index in [2.05, 4.69) is 5.16 Å². The number of carbonyl (C=O) groups is 1. The molecule has 0 saturated carbocycles. The van der Waals surface area contributed by atoms with Gasteiger partial charge in [-0.15, -0.1) is 11.3 Å². The highest BCUT2D eigenvalue weighted by atomic mass is 32.1. The highest BCUT2D eigenvalue weighted by Gasteiger charge is 2.10. The van der Waals surface area contributed by atoms with Gasteiger partial charge in [0, 0.05) is 13.6 Å². The van der Waals surface area contributed by atoms with E-state index in [0.29, 0.717) is 13.2 Å². The van der Waals surface area contributed by atoms with Crippen LogP contribution in [0.5, 0.6) is 5.75 Å². The minimum atomic E-state index is -0.174. The molecule has 2 aromatic rings. The van der Waals surface area contributed by atoms with Crippen molar-refractivity contribution in [2.24, 2.45) is 10.9 Å². The summed E-state index contributed by atoms with van der Waals surface area (Å²) < 4.78 is 5.39. The van der Waals surface area contributed by atoms with Gasteiger partial charge in [0.1, 0.15) is 5.75 Å². The average molecular weight is 347 g/mol. The number of ether oxygens (including phenoxy) is 1. The van der Waals surface area contributed by atoms with Gasteiger partial charge in [0.2, 0.25) is 0 Å². The van der Waals surface area contributed by atoms with E-state index in [0.717, 1.165) is 16.2 Å². The smallest absolute Gasteiger partial charge is 0.263 e. The van der Waals surface area contributed by atoms with Crippen molar-refractivity contribution in [1.82, 2.24) is 4.90 Å². The summed E-state index contributed by atoms with van der Waals surface area (Å²) in [5.41, 5.74) is 6.77. The average Bonchev–Trinajstić information content (AvgIpc) is 3.11. The zero-order valence-electron chi connectivity index (χ0n) is 13.8. The fraction of sp³-hybridized carbons (Fsp3) is 0.294. The van der Waals surface area contributed by atoms with Crippen molar-refractivity contribution in [3.05, 3.63) is 52.2 Å². The highest BCUT2D eigenvalue weighted by Crippen LogP contribution is 2.13. The standard InChI is InChI=1S/C17H21N3O3S/c1-3-22-14-8-6-13(7-9-14)11-20(2)16(21)12-23-19-17(18)15-5-4-10-24-15/h4-10H,3,11-12H2,1-2H3,(H2,18,19). The van der Waals surface area contributed by atoms with Gasteiger partial charge in [-0.1, -0.05) is 23.4 Å². The van der Waals surface area contributed by atoms with Gasteiger partial charge >= 0.3 is 0 Å². The fourth-order valence-corrected chi connectivity index (χ4v) is 2.58. The minimum absolute atomic E-state index is 0.153. The first-order valence-electron chi connectivity index (χ1n) is 7.55. The van der Waals surface area contributed by atoms with Gasteiger partial charge in [-0.3, -0.25) is 4.79 Å². The Kier molecular flexibility index (Phi) is 6.62. The maximum absolute atomic E-state index is 12.1. The number of oxime groups is 1. The van der Waals surface area contributed by atoms with Crippen molar-refractivity contribution in [2.45, 2.75) is 13.5 Å². The number of nitrogens with two attached hydrogens (primary N) is 1. The molecule has 0 saturated heterocycles. The Morgan fingerprint density at radius 2 is 2.04 bits per heavy atom. The van der Waals surface area contributed by atoms with Crippen molar-refractivity contribution in [1.29, 1.82) is 0 Å². The van der Waals surface area contributed by atoms with Crippen molar-refractivity contribution in [3.8, 4) is 5.75 Å². The van der Waals surface area contributed by atoms with Crippen LogP contribution in [0, 0.1) is 0 Å². The monoisotopic (exact) mass is 347 g/mol. The van der Waals surface area contributed by atoms with Crippen molar-refractivity contribution < 1.29 is 14.4 Å². The van der Waals surface area contributed by atoms with Crippen LogP contribution in [0.15, 0.2) is 46.9 Å². The van der Waals surface area contributed by atoms with E-state index in [1.165, 1.54) is 11.3 Å². The van der Waals surface area contributed by atoms with E-state index in [4.69, 9.17) is 15.3 Å². The number of benzene rings is 1. The summed E-state index contributed by atoms with van der Waals surface area (Å²) in [6.45, 7) is 2.90. The lowest BCUT2D eigenvalue weighted by atomic mass is 10.2. The van der Waals surface area contributed by atoms with Crippen molar-refractivity contribution >= 4 is 23.1 Å². The number of hydrogen-bond donors (Lipinski definition) is 1. The van der Waals surface area contributed by atoms with E-state index in [1.54, 1.807) is 11.9 Å². The van der Waals surface area contributed by atoms with Crippen LogP contribution < -0.4 is 10.5 Å². The lowest BCUT2D eigenvalue weighted by molar-refractivity contribution is -0.135. The van der Waals surface area contributed by atoms with Gasteiger partial charge in [0.15, 0.2) is 12.4 Å². The zero-order chi connectivity index (χ0) is 17.4. The Morgan fingerprint density at radius 3 is 2.67 bits per heavy atom. The molecule has 0 fully saturated rings. The van der Waals surface area contributed by atoms with Crippen molar-refractivity contribution in [2.75, 3.05) is 20.3 Å². The first-order valence-corrected chi connectivity index (χ1v) is 8.43. The van der Waals surface area contributed by atoms with Crippen molar-refractivity contribution in [3.63, 3.8) is 0 Å². The molecule has 0 unspecified atom stereocenters. The molecule has 0 atom stereocenters. The molecule has 0 aliphatic heterocycles. The molecule has 1 aromatic heterocycles. The summed E-state index contributed by atoms with van der Waals surface area (Å²) in [7, 11) is 1.72. The van der Waals surface area contributed by atoms with Gasteiger partial charge in [-0.05, 0) is 36.1 Å². The lowest BCUT2D eigenvalue weighted by Gasteiger charge is -2.16. The van der Waals surface area contributed by atoms with Crippen LogP contribution in [-0.2, 0) is 16.2 Å². The first-order chi connectivity index (χ1) is 11.6. The molecule has 6 nitrogen and oxygen atoms in total. The summed E-state index contributed by atoms with van der Waals surface area (Å²) in [5, 5.41) is 5.67. The molecule has 0 bridgehead atoms. The summed E-state index contributed by atoms with van der Waals surface area (Å²) in [6, 6.07) is 11.4. The lowest BCUT2D eigenvalue weighted by Crippen LogP contribution is -2.29. The van der Waals surface area contributed by atoms with Crippen LogP contribution in [0.1, 0.15) is 17.4 Å². The number of rotatable bonds is 8. The molecule has 128 valence electrons. The van der Waals surface area contributed by atoms with Gasteiger partial charge < -0.3 is 20.2 Å². The molecule has 0 radical (unpaired) electrons. The number of amidine groups is 1. The van der Waals surface area contributed by atoms with Crippen LogP contribution in [0.2, 0.25) is 0 Å². The van der Waals surface area contributed by atoms with Gasteiger partial charge in [0.25, 0.3) is 5.91 Å². The Balaban J connectivity index is 1.80. The number of carbonyl (C=O) groups excluding carboxylic acids is 1. The van der Waals surface area contributed by atoms with Crippen LogP contribution >= 0.6 is 11.3 Å². The Labute approximate surface area is 145 Å². The van der Waals surface area contributed by atoms with E-state index in [9.17, 15) is 4.79 Å². The van der Waals surface area contributed by atoms with Gasteiger partial charge in [0.05, 0.1) is 11.5 Å². The van der Waals surface area contributed by atoms with E-state index in [1.807, 2.05) is 48.7 Å². The zero-order valence-corrected chi connectivity index (χ0v) is 14.6. The summed E-state index contributed by atoms with van der Waals surface area (Å²) >= 11 is 1.46. The summed E-state index contributed by atoms with van der Waals surface area (Å²) in [4.78, 5) is 19.5. The van der Waals surface area contributed by atoms with E-state index >= 15 is 0 Å². The molecule has 1 heterocycles. The normalized spacial score (nSPS) is 11.2. The SMILES string of the molecule is CCOc1ccc(CN(C)C(=O)CO/N=C(/N)c2cccs2)cc1. The molecule has 1 amide bonds. The highest BCUT2D eigenvalue weighted by molar-refractivity contribution is 7.12. The maximum atomic E-state index is 12.1. The largest absolute Gasteiger partial charge is 0.494 e. The second kappa shape index (κ2) is 8.93. The Bertz CT molecular complexity index is 669.